The van der Waals surface area contributed by atoms with Gasteiger partial charge in [0.2, 0.25) is 5.95 Å². The minimum atomic E-state index is 0.0302. The number of aryl methyl sites for hydroxylation is 1. The zero-order valence-corrected chi connectivity index (χ0v) is 23.4. The Morgan fingerprint density at radius 1 is 1.05 bits per heavy atom. The summed E-state index contributed by atoms with van der Waals surface area (Å²) >= 11 is 1.55. The summed E-state index contributed by atoms with van der Waals surface area (Å²) in [6, 6.07) is 11.5. The van der Waals surface area contributed by atoms with Crippen molar-refractivity contribution in [2.45, 2.75) is 20.8 Å². The lowest BCUT2D eigenvalue weighted by Gasteiger charge is -2.34. The molecule has 1 aromatic carbocycles. The number of piperazine rings is 1. The van der Waals surface area contributed by atoms with E-state index >= 15 is 0 Å². The molecule has 2 N–H and O–H groups in total. The zero-order chi connectivity index (χ0) is 27.4. The van der Waals surface area contributed by atoms with Crippen LogP contribution in [0.15, 0.2) is 42.6 Å². The van der Waals surface area contributed by atoms with Crippen LogP contribution in [0.3, 0.4) is 0 Å². The van der Waals surface area contributed by atoms with E-state index in [1.54, 1.807) is 11.3 Å². The molecule has 1 aliphatic heterocycles. The number of nitrogens with one attached hydrogen (secondary N) is 1. The second-order valence-corrected chi connectivity index (χ2v) is 10.5. The van der Waals surface area contributed by atoms with Gasteiger partial charge in [-0.2, -0.15) is 4.98 Å². The van der Waals surface area contributed by atoms with E-state index in [9.17, 15) is 9.90 Å². The predicted octanol–water partition coefficient (Wildman–Crippen LogP) is 3.80. The molecule has 0 radical (unpaired) electrons. The number of carbonyl (C=O) groups is 1. The Labute approximate surface area is 232 Å². The van der Waals surface area contributed by atoms with Gasteiger partial charge in [-0.15, -0.1) is 11.3 Å². The first-order valence-corrected chi connectivity index (χ1v) is 14.2. The van der Waals surface area contributed by atoms with Gasteiger partial charge in [0.1, 0.15) is 16.6 Å². The highest BCUT2D eigenvalue weighted by Gasteiger charge is 2.20. The largest absolute Gasteiger partial charge is 0.395 e. The molecule has 1 saturated heterocycles. The number of anilines is 3. The summed E-state index contributed by atoms with van der Waals surface area (Å²) in [6.45, 7) is 11.5. The van der Waals surface area contributed by atoms with Crippen molar-refractivity contribution in [3.05, 3.63) is 53.9 Å². The number of thiazole rings is 1. The Morgan fingerprint density at radius 2 is 1.85 bits per heavy atom. The summed E-state index contributed by atoms with van der Waals surface area (Å²) in [5.41, 5.74) is 3.29. The third-order valence-corrected chi connectivity index (χ3v) is 7.91. The standard InChI is InChI=1S/C28H34N8O2S/c1-4-35(5-2)27(38)21-8-6-7-20(16-21)26-31-22-17-24(29-18-23(22)39-26)32-25-15-19(3)30-28(33-25)36-11-9-34(10-12-36)13-14-37/h6-8,15-18,37H,4-5,9-14H2,1-3H3,(H,29,30,32,33). The highest BCUT2D eigenvalue weighted by atomic mass is 32.1. The Bertz CT molecular complexity index is 1450. The average Bonchev–Trinajstić information content (AvgIpc) is 3.38. The molecule has 10 nitrogen and oxygen atoms in total. The summed E-state index contributed by atoms with van der Waals surface area (Å²) in [5.74, 6) is 2.06. The molecule has 0 spiro atoms. The first-order valence-electron chi connectivity index (χ1n) is 13.3. The smallest absolute Gasteiger partial charge is 0.253 e. The molecule has 0 atom stereocenters. The van der Waals surface area contributed by atoms with Crippen LogP contribution in [0.4, 0.5) is 17.6 Å². The molecule has 4 aromatic rings. The van der Waals surface area contributed by atoms with Gasteiger partial charge in [-0.05, 0) is 32.9 Å². The third-order valence-electron chi connectivity index (χ3n) is 6.85. The van der Waals surface area contributed by atoms with E-state index in [0.717, 1.165) is 52.7 Å². The molecule has 5 rings (SSSR count). The van der Waals surface area contributed by atoms with Crippen LogP contribution in [0.2, 0.25) is 0 Å². The van der Waals surface area contributed by atoms with Crippen LogP contribution in [-0.4, -0.2) is 93.2 Å². The number of hydrogen-bond donors (Lipinski definition) is 2. The highest BCUT2D eigenvalue weighted by Crippen LogP contribution is 2.32. The summed E-state index contributed by atoms with van der Waals surface area (Å²) in [7, 11) is 0. The molecule has 204 valence electrons. The fraction of sp³-hybridized carbons (Fsp3) is 0.393. The van der Waals surface area contributed by atoms with Gasteiger partial charge in [-0.25, -0.2) is 15.0 Å². The number of aromatic nitrogens is 4. The fourth-order valence-corrected chi connectivity index (χ4v) is 5.62. The number of aliphatic hydroxyl groups is 1. The van der Waals surface area contributed by atoms with E-state index in [4.69, 9.17) is 9.97 Å². The number of β-amino-alcohol motifs (C(OH)–C–C–N with tert-alkyl or cyclic N) is 1. The number of carbonyl (C=O) groups excluding carboxylic acids is 1. The molecule has 0 unspecified atom stereocenters. The predicted molar refractivity (Wildman–Crippen MR) is 156 cm³/mol. The van der Waals surface area contributed by atoms with Gasteiger partial charge in [0.05, 0.1) is 16.8 Å². The first kappa shape index (κ1) is 26.9. The maximum atomic E-state index is 12.8. The van der Waals surface area contributed by atoms with Crippen LogP contribution >= 0.6 is 11.3 Å². The number of amides is 1. The van der Waals surface area contributed by atoms with Crippen molar-refractivity contribution < 1.29 is 9.90 Å². The number of aliphatic hydroxyl groups excluding tert-OH is 1. The number of hydrogen-bond acceptors (Lipinski definition) is 10. The van der Waals surface area contributed by atoms with Gasteiger partial charge in [0, 0.05) is 81.0 Å². The lowest BCUT2D eigenvalue weighted by Crippen LogP contribution is -2.47. The van der Waals surface area contributed by atoms with Gasteiger partial charge >= 0.3 is 0 Å². The minimum Gasteiger partial charge on any atom is -0.395 e. The van der Waals surface area contributed by atoms with Crippen molar-refractivity contribution in [1.82, 2.24) is 29.7 Å². The normalized spacial score (nSPS) is 14.1. The summed E-state index contributed by atoms with van der Waals surface area (Å²) in [4.78, 5) is 37.9. The number of nitrogens with zero attached hydrogens (tertiary/aromatic N) is 7. The van der Waals surface area contributed by atoms with Gasteiger partial charge < -0.3 is 20.2 Å². The highest BCUT2D eigenvalue weighted by molar-refractivity contribution is 7.21. The fourth-order valence-electron chi connectivity index (χ4n) is 4.71. The van der Waals surface area contributed by atoms with Gasteiger partial charge in [-0.3, -0.25) is 9.69 Å². The lowest BCUT2D eigenvalue weighted by molar-refractivity contribution is 0.0773. The van der Waals surface area contributed by atoms with E-state index in [1.165, 1.54) is 0 Å². The van der Waals surface area contributed by atoms with Crippen LogP contribution in [0.1, 0.15) is 29.9 Å². The van der Waals surface area contributed by atoms with Crippen LogP contribution < -0.4 is 10.2 Å². The summed E-state index contributed by atoms with van der Waals surface area (Å²) in [5, 5.41) is 13.4. The van der Waals surface area contributed by atoms with Gasteiger partial charge in [0.25, 0.3) is 5.91 Å². The Morgan fingerprint density at radius 3 is 2.59 bits per heavy atom. The maximum absolute atomic E-state index is 12.8. The second-order valence-electron chi connectivity index (χ2n) is 9.49. The van der Waals surface area contributed by atoms with E-state index in [-0.39, 0.29) is 12.5 Å². The van der Waals surface area contributed by atoms with Crippen molar-refractivity contribution >= 4 is 45.0 Å². The molecule has 39 heavy (non-hydrogen) atoms. The summed E-state index contributed by atoms with van der Waals surface area (Å²) < 4.78 is 0.969. The van der Waals surface area contributed by atoms with Crippen LogP contribution in [-0.2, 0) is 0 Å². The second kappa shape index (κ2) is 12.0. The molecule has 1 aliphatic rings. The molecule has 3 aromatic heterocycles. The van der Waals surface area contributed by atoms with E-state index in [1.807, 2.05) is 68.3 Å². The van der Waals surface area contributed by atoms with Crippen molar-refractivity contribution in [3.8, 4) is 10.6 Å². The monoisotopic (exact) mass is 546 g/mol. The lowest BCUT2D eigenvalue weighted by atomic mass is 10.1. The molecule has 4 heterocycles. The topological polar surface area (TPSA) is 111 Å². The van der Waals surface area contributed by atoms with E-state index < -0.39 is 0 Å². The Hall–Kier alpha value is -3.67. The number of fused-ring (bicyclic) bond motifs is 1. The number of rotatable bonds is 9. The molecule has 0 saturated carbocycles. The average molecular weight is 547 g/mol. The van der Waals surface area contributed by atoms with Crippen LogP contribution in [0.25, 0.3) is 20.8 Å². The van der Waals surface area contributed by atoms with Crippen molar-refractivity contribution in [3.63, 3.8) is 0 Å². The van der Waals surface area contributed by atoms with Gasteiger partial charge in [0.15, 0.2) is 0 Å². The Kier molecular flexibility index (Phi) is 8.30. The third kappa shape index (κ3) is 6.16. The molecule has 11 heteroatoms. The van der Waals surface area contributed by atoms with Crippen LogP contribution in [0, 0.1) is 6.92 Å². The summed E-state index contributed by atoms with van der Waals surface area (Å²) in [6.07, 6.45) is 1.82. The van der Waals surface area contributed by atoms with Crippen LogP contribution in [0.5, 0.6) is 0 Å². The first-order chi connectivity index (χ1) is 19.0. The van der Waals surface area contributed by atoms with Crippen molar-refractivity contribution in [2.75, 3.05) is 62.6 Å². The molecule has 0 bridgehead atoms. The Balaban J connectivity index is 1.34. The SMILES string of the molecule is CCN(CC)C(=O)c1cccc(-c2nc3cc(Nc4cc(C)nc(N5CCN(CCO)CC5)n4)ncc3s2)c1. The molecular formula is C28H34N8O2S. The maximum Gasteiger partial charge on any atom is 0.253 e. The minimum absolute atomic E-state index is 0.0302. The van der Waals surface area contributed by atoms with Crippen molar-refractivity contribution in [2.24, 2.45) is 0 Å². The molecular weight excluding hydrogens is 512 g/mol. The number of pyridine rings is 1. The van der Waals surface area contributed by atoms with E-state index in [0.29, 0.717) is 42.8 Å². The molecule has 1 amide bonds. The molecule has 0 aliphatic carbocycles. The van der Waals surface area contributed by atoms with E-state index in [2.05, 4.69) is 25.1 Å². The zero-order valence-electron chi connectivity index (χ0n) is 22.6. The van der Waals surface area contributed by atoms with Crippen molar-refractivity contribution in [1.29, 1.82) is 0 Å². The quantitative estimate of drug-likeness (QED) is 0.324. The number of benzene rings is 1. The van der Waals surface area contributed by atoms with Gasteiger partial charge in [-0.1, -0.05) is 12.1 Å². The molecule has 1 fully saturated rings.